The Morgan fingerprint density at radius 2 is 2.12 bits per heavy atom. The van der Waals surface area contributed by atoms with Crippen molar-refractivity contribution in [2.75, 3.05) is 0 Å². The highest BCUT2D eigenvalue weighted by Crippen LogP contribution is 1.99. The first-order valence-electron chi connectivity index (χ1n) is 1.96. The van der Waals surface area contributed by atoms with Crippen molar-refractivity contribution in [1.82, 2.24) is 0 Å². The molecule has 0 aliphatic carbocycles. The molecule has 0 saturated carbocycles. The van der Waals surface area contributed by atoms with Gasteiger partial charge in [0.25, 0.3) is 0 Å². The van der Waals surface area contributed by atoms with E-state index in [2.05, 4.69) is 8.83 Å². The Bertz CT molecular complexity index is 211. The molecule has 0 spiro atoms. The quantitative estimate of drug-likeness (QED) is 0.503. The summed E-state index contributed by atoms with van der Waals surface area (Å²) in [5, 5.41) is 0. The van der Waals surface area contributed by atoms with E-state index in [0.29, 0.717) is 0 Å². The van der Waals surface area contributed by atoms with Crippen LogP contribution in [-0.2, 0) is 0 Å². The molecule has 0 radical (unpaired) electrons. The predicted octanol–water partition coefficient (Wildman–Crippen LogP) is 0.680. The van der Waals surface area contributed by atoms with Crippen LogP contribution >= 0.6 is 0 Å². The van der Waals surface area contributed by atoms with E-state index in [1.807, 2.05) is 0 Å². The highest BCUT2D eigenvalue weighted by Gasteiger charge is 2.03. The summed E-state index contributed by atoms with van der Waals surface area (Å²) < 4.78 is 19.8. The number of hydrogen-bond acceptors (Lipinski definition) is 3. The predicted molar refractivity (Wildman–Crippen MR) is 21.9 cm³/mol. The first-order chi connectivity index (χ1) is 3.70. The highest BCUT2D eigenvalue weighted by molar-refractivity contribution is 4.82. The standard InChI is InChI=1S/C4H3FO3/c1-2-3(5)8-4(6)7-2/h1H3. The topological polar surface area (TPSA) is 43.4 Å². The number of aryl methyl sites for hydroxylation is 1. The van der Waals surface area contributed by atoms with Gasteiger partial charge >= 0.3 is 11.8 Å². The van der Waals surface area contributed by atoms with Crippen molar-refractivity contribution in [2.24, 2.45) is 0 Å². The van der Waals surface area contributed by atoms with E-state index in [9.17, 15) is 9.18 Å². The van der Waals surface area contributed by atoms with Crippen LogP contribution in [0.1, 0.15) is 5.76 Å². The van der Waals surface area contributed by atoms with Gasteiger partial charge < -0.3 is 8.83 Å². The molecule has 1 aromatic heterocycles. The summed E-state index contributed by atoms with van der Waals surface area (Å²) in [7, 11) is 0. The Morgan fingerprint density at radius 3 is 2.25 bits per heavy atom. The van der Waals surface area contributed by atoms with Gasteiger partial charge in [-0.15, -0.1) is 0 Å². The molecule has 8 heavy (non-hydrogen) atoms. The smallest absolute Gasteiger partial charge is 0.393 e. The van der Waals surface area contributed by atoms with Gasteiger partial charge in [0.1, 0.15) is 0 Å². The molecule has 0 aromatic carbocycles. The summed E-state index contributed by atoms with van der Waals surface area (Å²) in [6, 6.07) is -0.949. The molecule has 0 amide bonds. The van der Waals surface area contributed by atoms with E-state index in [4.69, 9.17) is 0 Å². The third-order valence-electron chi connectivity index (χ3n) is 0.686. The lowest BCUT2D eigenvalue weighted by Crippen LogP contribution is -1.85. The summed E-state index contributed by atoms with van der Waals surface area (Å²) in [6.07, 6.45) is 0. The molecule has 0 aliphatic heterocycles. The van der Waals surface area contributed by atoms with Crippen LogP contribution in [0.25, 0.3) is 0 Å². The van der Waals surface area contributed by atoms with Gasteiger partial charge in [0.05, 0.1) is 0 Å². The van der Waals surface area contributed by atoms with Crippen LogP contribution in [0.2, 0.25) is 0 Å². The Labute approximate surface area is 43.7 Å². The minimum absolute atomic E-state index is 0.116. The maximum absolute atomic E-state index is 11.9. The Kier molecular flexibility index (Phi) is 0.932. The first kappa shape index (κ1) is 5.08. The molecule has 4 heteroatoms. The Hall–Kier alpha value is -1.06. The molecule has 0 N–H and O–H groups in total. The molecular weight excluding hydrogens is 115 g/mol. The van der Waals surface area contributed by atoms with Crippen molar-refractivity contribution in [3.63, 3.8) is 0 Å². The molecule has 44 valence electrons. The molecular formula is C4H3FO3. The summed E-state index contributed by atoms with van der Waals surface area (Å²) in [5.74, 6) is -1.12. The normalized spacial score (nSPS) is 9.75. The molecule has 0 fully saturated rings. The summed E-state index contributed by atoms with van der Waals surface area (Å²) >= 11 is 0. The van der Waals surface area contributed by atoms with Gasteiger partial charge in [-0.1, -0.05) is 0 Å². The van der Waals surface area contributed by atoms with Gasteiger partial charge in [0.2, 0.25) is 0 Å². The first-order valence-corrected chi connectivity index (χ1v) is 1.96. The maximum Gasteiger partial charge on any atom is 0.521 e. The van der Waals surface area contributed by atoms with E-state index in [0.717, 1.165) is 0 Å². The zero-order valence-corrected chi connectivity index (χ0v) is 4.10. The molecule has 0 saturated heterocycles. The van der Waals surface area contributed by atoms with Crippen LogP contribution in [-0.4, -0.2) is 0 Å². The van der Waals surface area contributed by atoms with Gasteiger partial charge in [-0.25, -0.2) is 4.79 Å². The van der Waals surface area contributed by atoms with Crippen molar-refractivity contribution >= 4 is 0 Å². The summed E-state index contributed by atoms with van der Waals surface area (Å²) in [4.78, 5) is 9.94. The molecule has 0 bridgehead atoms. The number of hydrogen-bond donors (Lipinski definition) is 0. The zero-order chi connectivity index (χ0) is 6.15. The second-order valence-corrected chi connectivity index (χ2v) is 1.28. The fourth-order valence-corrected chi connectivity index (χ4v) is 0.331. The average molecular weight is 118 g/mol. The van der Waals surface area contributed by atoms with Crippen molar-refractivity contribution in [3.05, 3.63) is 22.4 Å². The van der Waals surface area contributed by atoms with Crippen LogP contribution in [0.4, 0.5) is 4.39 Å². The minimum atomic E-state index is -1.00. The van der Waals surface area contributed by atoms with Crippen molar-refractivity contribution < 1.29 is 13.2 Å². The molecule has 0 aliphatic rings. The fraction of sp³-hybridized carbons (Fsp3) is 0.250. The average Bonchev–Trinajstić information content (AvgIpc) is 1.85. The lowest BCUT2D eigenvalue weighted by atomic mass is 10.6. The van der Waals surface area contributed by atoms with E-state index in [1.165, 1.54) is 6.92 Å². The van der Waals surface area contributed by atoms with Gasteiger partial charge in [-0.3, -0.25) is 0 Å². The number of halogens is 1. The molecule has 1 aromatic rings. The molecule has 0 atom stereocenters. The van der Waals surface area contributed by atoms with Crippen LogP contribution in [0.3, 0.4) is 0 Å². The minimum Gasteiger partial charge on any atom is -0.393 e. The third kappa shape index (κ3) is 0.641. The largest absolute Gasteiger partial charge is 0.521 e. The van der Waals surface area contributed by atoms with E-state index in [1.54, 1.807) is 0 Å². The lowest BCUT2D eigenvalue weighted by Gasteiger charge is -1.69. The monoisotopic (exact) mass is 118 g/mol. The SMILES string of the molecule is Cc1oc(=O)oc1F. The summed E-state index contributed by atoms with van der Waals surface area (Å²) in [6.45, 7) is 1.31. The van der Waals surface area contributed by atoms with Crippen LogP contribution in [0.15, 0.2) is 13.6 Å². The lowest BCUT2D eigenvalue weighted by molar-refractivity contribution is 0.312. The van der Waals surface area contributed by atoms with Gasteiger partial charge in [-0.2, -0.15) is 4.39 Å². The van der Waals surface area contributed by atoms with Gasteiger partial charge in [0.15, 0.2) is 5.76 Å². The van der Waals surface area contributed by atoms with Crippen molar-refractivity contribution in [2.45, 2.75) is 6.92 Å². The second kappa shape index (κ2) is 1.47. The second-order valence-electron chi connectivity index (χ2n) is 1.28. The number of rotatable bonds is 0. The zero-order valence-electron chi connectivity index (χ0n) is 4.10. The van der Waals surface area contributed by atoms with Crippen LogP contribution < -0.4 is 5.82 Å². The molecule has 1 heterocycles. The molecule has 3 nitrogen and oxygen atoms in total. The van der Waals surface area contributed by atoms with E-state index < -0.39 is 11.8 Å². The maximum atomic E-state index is 11.9. The van der Waals surface area contributed by atoms with Crippen LogP contribution in [0.5, 0.6) is 0 Å². The van der Waals surface area contributed by atoms with Gasteiger partial charge in [0, 0.05) is 6.92 Å². The fourth-order valence-electron chi connectivity index (χ4n) is 0.331. The Balaban J connectivity index is 3.35. The van der Waals surface area contributed by atoms with Crippen LogP contribution in [0, 0.1) is 12.9 Å². The molecule has 1 rings (SSSR count). The Morgan fingerprint density at radius 1 is 1.50 bits per heavy atom. The van der Waals surface area contributed by atoms with Crippen molar-refractivity contribution in [3.8, 4) is 0 Å². The third-order valence-corrected chi connectivity index (χ3v) is 0.686. The van der Waals surface area contributed by atoms with Crippen molar-refractivity contribution in [1.29, 1.82) is 0 Å². The molecule has 0 unspecified atom stereocenters. The summed E-state index contributed by atoms with van der Waals surface area (Å²) in [5.41, 5.74) is 0. The van der Waals surface area contributed by atoms with E-state index in [-0.39, 0.29) is 5.76 Å². The highest BCUT2D eigenvalue weighted by atomic mass is 19.1. The van der Waals surface area contributed by atoms with Gasteiger partial charge in [-0.05, 0) is 0 Å². The van der Waals surface area contributed by atoms with E-state index >= 15 is 0 Å².